The molecule has 1 aromatic carbocycles. The molecule has 2 rings (SSSR count). The van der Waals surface area contributed by atoms with Crippen LogP contribution >= 0.6 is 11.6 Å². The first-order chi connectivity index (χ1) is 8.60. The van der Waals surface area contributed by atoms with Gasteiger partial charge in [-0.1, -0.05) is 17.7 Å². The first kappa shape index (κ1) is 12.4. The van der Waals surface area contributed by atoms with E-state index in [1.165, 1.54) is 18.1 Å². The van der Waals surface area contributed by atoms with Crippen molar-refractivity contribution in [2.75, 3.05) is 12.8 Å². The lowest BCUT2D eigenvalue weighted by molar-refractivity contribution is 0.0586. The van der Waals surface area contributed by atoms with Crippen LogP contribution in [0.4, 0.5) is 5.69 Å². The van der Waals surface area contributed by atoms with Gasteiger partial charge in [0.15, 0.2) is 0 Å². The topological polar surface area (TPSA) is 83.0 Å². The minimum Gasteiger partial charge on any atom is -0.463 e. The number of nitrogens with zero attached hydrogens (tertiary/aromatic N) is 3. The Hall–Kier alpha value is -2.08. The van der Waals surface area contributed by atoms with Gasteiger partial charge in [-0.15, -0.1) is 5.10 Å². The molecule has 0 saturated heterocycles. The zero-order chi connectivity index (χ0) is 13.1. The number of halogens is 1. The normalized spacial score (nSPS) is 10.3. The van der Waals surface area contributed by atoms with Crippen molar-refractivity contribution in [3.05, 3.63) is 40.9 Å². The molecule has 0 atom stereocenters. The highest BCUT2D eigenvalue weighted by molar-refractivity contribution is 6.31. The highest BCUT2D eigenvalue weighted by Gasteiger charge is 2.11. The Bertz CT molecular complexity index is 582. The molecule has 7 heteroatoms. The minimum atomic E-state index is -0.572. The van der Waals surface area contributed by atoms with Gasteiger partial charge in [0.2, 0.25) is 0 Å². The van der Waals surface area contributed by atoms with Crippen LogP contribution < -0.4 is 5.73 Å². The maximum Gasteiger partial charge on any atom is 0.377 e. The van der Waals surface area contributed by atoms with Crippen molar-refractivity contribution in [1.82, 2.24) is 14.8 Å². The van der Waals surface area contributed by atoms with Gasteiger partial charge in [-0.3, -0.25) is 0 Å². The average molecular weight is 267 g/mol. The summed E-state index contributed by atoms with van der Waals surface area (Å²) in [6.07, 6.45) is 1.44. The molecule has 0 saturated carbocycles. The van der Waals surface area contributed by atoms with Crippen molar-refractivity contribution >= 4 is 23.3 Å². The predicted molar refractivity (Wildman–Crippen MR) is 66.3 cm³/mol. The molecule has 1 aromatic heterocycles. The van der Waals surface area contributed by atoms with Crippen LogP contribution in [0, 0.1) is 0 Å². The number of methoxy groups -OCH3 is 1. The molecule has 0 radical (unpaired) electrons. The molecule has 0 bridgehead atoms. The summed E-state index contributed by atoms with van der Waals surface area (Å²) >= 11 is 6.04. The second-order valence-corrected chi connectivity index (χ2v) is 4.02. The predicted octanol–water partition coefficient (Wildman–Crippen LogP) is 1.35. The van der Waals surface area contributed by atoms with Crippen LogP contribution in [-0.2, 0) is 11.3 Å². The molecule has 0 fully saturated rings. The Balaban J connectivity index is 2.18. The lowest BCUT2D eigenvalue weighted by Crippen LogP contribution is -2.06. The van der Waals surface area contributed by atoms with Crippen LogP contribution in [0.1, 0.15) is 16.2 Å². The van der Waals surface area contributed by atoms with Crippen molar-refractivity contribution in [1.29, 1.82) is 0 Å². The van der Waals surface area contributed by atoms with Gasteiger partial charge in [-0.25, -0.2) is 14.5 Å². The molecule has 0 aliphatic heterocycles. The van der Waals surface area contributed by atoms with Gasteiger partial charge in [0.25, 0.3) is 5.82 Å². The maximum absolute atomic E-state index is 11.2. The second-order valence-electron chi connectivity index (χ2n) is 3.61. The number of carbonyl (C=O) groups is 1. The van der Waals surface area contributed by atoms with Crippen LogP contribution in [0.5, 0.6) is 0 Å². The Kier molecular flexibility index (Phi) is 3.47. The molecule has 18 heavy (non-hydrogen) atoms. The van der Waals surface area contributed by atoms with Crippen molar-refractivity contribution < 1.29 is 9.53 Å². The van der Waals surface area contributed by atoms with Crippen LogP contribution in [0.15, 0.2) is 24.5 Å². The maximum atomic E-state index is 11.2. The molecular formula is C11H11ClN4O2. The molecule has 2 N–H and O–H groups in total. The Morgan fingerprint density at radius 3 is 3.00 bits per heavy atom. The number of rotatable bonds is 3. The van der Waals surface area contributed by atoms with Crippen LogP contribution in [0.25, 0.3) is 0 Å². The van der Waals surface area contributed by atoms with Crippen LogP contribution in [-0.4, -0.2) is 27.8 Å². The molecule has 1 heterocycles. The third kappa shape index (κ3) is 2.60. The fourth-order valence-electron chi connectivity index (χ4n) is 1.42. The number of esters is 1. The molecule has 0 aliphatic rings. The molecular weight excluding hydrogens is 256 g/mol. The lowest BCUT2D eigenvalue weighted by Gasteiger charge is -2.04. The van der Waals surface area contributed by atoms with Crippen molar-refractivity contribution in [2.24, 2.45) is 0 Å². The first-order valence-electron chi connectivity index (χ1n) is 5.12. The van der Waals surface area contributed by atoms with Gasteiger partial charge in [-0.05, 0) is 17.7 Å². The summed E-state index contributed by atoms with van der Waals surface area (Å²) in [5.41, 5.74) is 7.04. The number of ether oxygens (including phenoxy) is 1. The summed E-state index contributed by atoms with van der Waals surface area (Å²) in [4.78, 5) is 15.0. The van der Waals surface area contributed by atoms with Gasteiger partial charge in [0.1, 0.15) is 6.33 Å². The fourth-order valence-corrected chi connectivity index (χ4v) is 1.67. The molecule has 0 unspecified atom stereocenters. The number of aromatic nitrogens is 3. The second kappa shape index (κ2) is 5.05. The molecule has 2 aromatic rings. The number of benzene rings is 1. The van der Waals surface area contributed by atoms with E-state index in [0.29, 0.717) is 17.3 Å². The van der Waals surface area contributed by atoms with E-state index in [1.807, 2.05) is 0 Å². The molecule has 0 aliphatic carbocycles. The van der Waals surface area contributed by atoms with E-state index in [1.54, 1.807) is 18.2 Å². The summed E-state index contributed by atoms with van der Waals surface area (Å²) in [7, 11) is 1.28. The van der Waals surface area contributed by atoms with Gasteiger partial charge in [-0.2, -0.15) is 0 Å². The lowest BCUT2D eigenvalue weighted by atomic mass is 10.2. The molecule has 94 valence electrons. The van der Waals surface area contributed by atoms with Gasteiger partial charge >= 0.3 is 5.97 Å². The summed E-state index contributed by atoms with van der Waals surface area (Å²) < 4.78 is 6.02. The summed E-state index contributed by atoms with van der Waals surface area (Å²) in [6.45, 7) is 0.406. The minimum absolute atomic E-state index is 0.0177. The number of hydrogen-bond donors (Lipinski definition) is 1. The van der Waals surface area contributed by atoms with E-state index in [2.05, 4.69) is 14.8 Å². The summed E-state index contributed by atoms with van der Waals surface area (Å²) in [6, 6.07) is 5.21. The van der Waals surface area contributed by atoms with Gasteiger partial charge < -0.3 is 10.5 Å². The zero-order valence-electron chi connectivity index (χ0n) is 9.63. The highest BCUT2D eigenvalue weighted by Crippen LogP contribution is 2.19. The van der Waals surface area contributed by atoms with E-state index in [-0.39, 0.29) is 5.82 Å². The number of nitrogen functional groups attached to an aromatic ring is 1. The number of hydrogen-bond acceptors (Lipinski definition) is 5. The monoisotopic (exact) mass is 266 g/mol. The molecule has 0 amide bonds. The molecule has 0 spiro atoms. The zero-order valence-corrected chi connectivity index (χ0v) is 10.4. The van der Waals surface area contributed by atoms with Crippen LogP contribution in [0.3, 0.4) is 0 Å². The number of carbonyl (C=O) groups excluding carboxylic acids is 1. The Labute approximate surface area is 108 Å². The number of nitrogens with two attached hydrogens (primary N) is 1. The van der Waals surface area contributed by atoms with E-state index in [0.717, 1.165) is 5.56 Å². The van der Waals surface area contributed by atoms with E-state index < -0.39 is 5.97 Å². The van der Waals surface area contributed by atoms with Gasteiger partial charge in [0, 0.05) is 10.7 Å². The average Bonchev–Trinajstić information content (AvgIpc) is 2.80. The van der Waals surface area contributed by atoms with E-state index >= 15 is 0 Å². The highest BCUT2D eigenvalue weighted by atomic mass is 35.5. The third-order valence-corrected chi connectivity index (χ3v) is 2.67. The van der Waals surface area contributed by atoms with Crippen LogP contribution in [0.2, 0.25) is 5.02 Å². The van der Waals surface area contributed by atoms with Crippen molar-refractivity contribution in [3.8, 4) is 0 Å². The largest absolute Gasteiger partial charge is 0.463 e. The first-order valence-corrected chi connectivity index (χ1v) is 5.49. The molecule has 6 nitrogen and oxygen atoms in total. The Morgan fingerprint density at radius 1 is 1.56 bits per heavy atom. The van der Waals surface area contributed by atoms with Gasteiger partial charge in [0.05, 0.1) is 13.7 Å². The van der Waals surface area contributed by atoms with Crippen molar-refractivity contribution in [3.63, 3.8) is 0 Å². The summed E-state index contributed by atoms with van der Waals surface area (Å²) in [5, 5.41) is 4.53. The van der Waals surface area contributed by atoms with E-state index in [9.17, 15) is 4.79 Å². The fraction of sp³-hybridized carbons (Fsp3) is 0.182. The standard InChI is InChI=1S/C11H11ClN4O2/c1-18-11(17)10-14-6-16(15-10)5-7-2-3-8(13)4-9(7)12/h2-4,6H,5,13H2,1H3. The van der Waals surface area contributed by atoms with E-state index in [4.69, 9.17) is 17.3 Å². The summed E-state index contributed by atoms with van der Waals surface area (Å²) in [5.74, 6) is -0.554. The Morgan fingerprint density at radius 2 is 2.33 bits per heavy atom. The smallest absolute Gasteiger partial charge is 0.377 e. The quantitative estimate of drug-likeness (QED) is 0.670. The van der Waals surface area contributed by atoms with Crippen molar-refractivity contribution in [2.45, 2.75) is 6.54 Å². The SMILES string of the molecule is COC(=O)c1ncn(Cc2ccc(N)cc2Cl)n1. The number of anilines is 1. The third-order valence-electron chi connectivity index (χ3n) is 2.31.